The molecule has 13 heteroatoms. The third-order valence-electron chi connectivity index (χ3n) is 12.1. The van der Waals surface area contributed by atoms with Crippen molar-refractivity contribution < 1.29 is 37.7 Å². The van der Waals surface area contributed by atoms with Crippen LogP contribution in [0.1, 0.15) is 87.5 Å². The quantitative estimate of drug-likeness (QED) is 0.140. The van der Waals surface area contributed by atoms with Crippen LogP contribution in [0.15, 0.2) is 48.5 Å². The summed E-state index contributed by atoms with van der Waals surface area (Å²) < 4.78 is 50.9. The molecule has 1 saturated heterocycles. The molecule has 1 atom stereocenters. The first kappa shape index (κ1) is 40.2. The van der Waals surface area contributed by atoms with Gasteiger partial charge in [0.15, 0.2) is 5.82 Å². The maximum atomic E-state index is 14.5. The number of ether oxygens (including phenoxy) is 1. The number of carbonyl (C=O) groups excluding carboxylic acids is 1. The number of nitrogens with one attached hydrogen (secondary N) is 1. The Kier molecular flexibility index (Phi) is 11.6. The van der Waals surface area contributed by atoms with Gasteiger partial charge in [0.05, 0.1) is 30.4 Å². The Balaban J connectivity index is 1.10. The number of fused-ring (bicyclic) bond motifs is 1. The third-order valence-corrected chi connectivity index (χ3v) is 12.1. The number of aliphatic carboxylic acids is 1. The molecule has 7 rings (SSSR count). The molecule has 0 unspecified atom stereocenters. The fraction of sp³-hybridized carbons (Fsp3) is 0.432. The highest BCUT2D eigenvalue weighted by Crippen LogP contribution is 2.39. The lowest BCUT2D eigenvalue weighted by Gasteiger charge is -2.37. The lowest BCUT2D eigenvalue weighted by Crippen LogP contribution is -2.42. The Bertz CT molecular complexity index is 2190. The second-order valence-electron chi connectivity index (χ2n) is 15.7. The zero-order valence-corrected chi connectivity index (χ0v) is 32.8. The maximum absolute atomic E-state index is 14.5. The van der Waals surface area contributed by atoms with Crippen molar-refractivity contribution in [3.05, 3.63) is 99.1 Å². The van der Waals surface area contributed by atoms with E-state index in [2.05, 4.69) is 10.2 Å². The molecule has 3 N–H and O–H groups in total. The Labute approximate surface area is 331 Å². The van der Waals surface area contributed by atoms with Crippen molar-refractivity contribution in [3.63, 3.8) is 0 Å². The lowest BCUT2D eigenvalue weighted by molar-refractivity contribution is -0.141. The molecule has 1 aliphatic carbocycles. The van der Waals surface area contributed by atoms with E-state index in [9.17, 15) is 33.0 Å². The standard InChI is InChI=1S/C44H50F3N5O5/c1-26-28(11-12-29-22-40(57-4)31(21-36(29)44(45,46)47)24-51-19-17-30(23-51)43(55)56)7-5-8-34(26)35-9-6-10-37(27(35)2)49-42(54)41-48-38-25-52(20-18-39(38)50(41)3)32-13-15-33(53)16-14-32/h5-12,21-22,30,32-33,53H,13-20,23-25H2,1-4H3,(H,49,54)(H,55,56)/b12-11+/t30-,32-,33+/m1/s1. The first-order valence-electron chi connectivity index (χ1n) is 19.6. The molecule has 2 aliphatic heterocycles. The number of rotatable bonds is 10. The van der Waals surface area contributed by atoms with Crippen LogP contribution in [-0.2, 0) is 37.5 Å². The van der Waals surface area contributed by atoms with Gasteiger partial charge in [0, 0.05) is 62.6 Å². The summed E-state index contributed by atoms with van der Waals surface area (Å²) in [6.45, 7) is 6.33. The van der Waals surface area contributed by atoms with Crippen molar-refractivity contribution in [3.8, 4) is 16.9 Å². The van der Waals surface area contributed by atoms with E-state index in [1.165, 1.54) is 19.3 Å². The summed E-state index contributed by atoms with van der Waals surface area (Å²) in [5.74, 6) is -1.11. The molecule has 2 fully saturated rings. The number of carboxylic acids is 1. The topological polar surface area (TPSA) is 120 Å². The van der Waals surface area contributed by atoms with Crippen LogP contribution < -0.4 is 10.1 Å². The number of methoxy groups -OCH3 is 1. The minimum Gasteiger partial charge on any atom is -0.496 e. The molecule has 3 heterocycles. The summed E-state index contributed by atoms with van der Waals surface area (Å²) in [6.07, 6.45) is 3.08. The molecule has 3 aliphatic rings. The van der Waals surface area contributed by atoms with Gasteiger partial charge in [-0.3, -0.25) is 19.4 Å². The van der Waals surface area contributed by atoms with E-state index in [4.69, 9.17) is 9.72 Å². The number of halogens is 3. The van der Waals surface area contributed by atoms with Crippen LogP contribution in [-0.4, -0.2) is 80.3 Å². The zero-order valence-electron chi connectivity index (χ0n) is 32.8. The van der Waals surface area contributed by atoms with Crippen LogP contribution >= 0.6 is 0 Å². The van der Waals surface area contributed by atoms with E-state index in [0.29, 0.717) is 48.4 Å². The van der Waals surface area contributed by atoms with Gasteiger partial charge in [-0.25, -0.2) is 4.98 Å². The summed E-state index contributed by atoms with van der Waals surface area (Å²) in [4.78, 5) is 34.3. The summed E-state index contributed by atoms with van der Waals surface area (Å²) in [5, 5.41) is 22.4. The average molecular weight is 786 g/mol. The Morgan fingerprint density at radius 3 is 2.35 bits per heavy atom. The molecule has 0 radical (unpaired) electrons. The van der Waals surface area contributed by atoms with Crippen molar-refractivity contribution in [1.29, 1.82) is 0 Å². The van der Waals surface area contributed by atoms with Crippen LogP contribution in [0.4, 0.5) is 18.9 Å². The van der Waals surface area contributed by atoms with Crippen LogP contribution in [0.3, 0.4) is 0 Å². The number of carbonyl (C=O) groups is 2. The molecule has 0 spiro atoms. The summed E-state index contributed by atoms with van der Waals surface area (Å²) >= 11 is 0. The van der Waals surface area contributed by atoms with Gasteiger partial charge in [0.2, 0.25) is 0 Å². The van der Waals surface area contributed by atoms with Crippen LogP contribution in [0.5, 0.6) is 5.75 Å². The number of anilines is 1. The Morgan fingerprint density at radius 2 is 1.67 bits per heavy atom. The lowest BCUT2D eigenvalue weighted by atomic mass is 9.91. The molecule has 1 amide bonds. The number of alkyl halides is 3. The second kappa shape index (κ2) is 16.5. The fourth-order valence-corrected chi connectivity index (χ4v) is 8.79. The average Bonchev–Trinajstić information content (AvgIpc) is 3.79. The molecule has 10 nitrogen and oxygen atoms in total. The first-order valence-corrected chi connectivity index (χ1v) is 19.6. The van der Waals surface area contributed by atoms with Gasteiger partial charge in [-0.15, -0.1) is 0 Å². The predicted molar refractivity (Wildman–Crippen MR) is 213 cm³/mol. The molecule has 4 aromatic rings. The van der Waals surface area contributed by atoms with Gasteiger partial charge in [0.25, 0.3) is 5.91 Å². The molecule has 1 aromatic heterocycles. The van der Waals surface area contributed by atoms with Gasteiger partial charge in [-0.1, -0.05) is 42.5 Å². The van der Waals surface area contributed by atoms with Crippen molar-refractivity contribution >= 4 is 29.7 Å². The highest BCUT2D eigenvalue weighted by molar-refractivity contribution is 6.03. The molecular weight excluding hydrogens is 736 g/mol. The number of imidazole rings is 1. The van der Waals surface area contributed by atoms with Crippen LogP contribution in [0.2, 0.25) is 0 Å². The monoisotopic (exact) mass is 785 g/mol. The minimum absolute atomic E-state index is 0.0453. The van der Waals surface area contributed by atoms with Crippen molar-refractivity contribution in [2.24, 2.45) is 13.0 Å². The predicted octanol–water partition coefficient (Wildman–Crippen LogP) is 7.72. The molecule has 1 saturated carbocycles. The van der Waals surface area contributed by atoms with E-state index in [-0.39, 0.29) is 30.7 Å². The van der Waals surface area contributed by atoms with Gasteiger partial charge in [-0.2, -0.15) is 13.2 Å². The molecular formula is C44H50F3N5O5. The van der Waals surface area contributed by atoms with Gasteiger partial charge in [-0.05, 0) is 104 Å². The Morgan fingerprint density at radius 1 is 0.965 bits per heavy atom. The smallest absolute Gasteiger partial charge is 0.417 e. The largest absolute Gasteiger partial charge is 0.496 e. The number of hydrogen-bond acceptors (Lipinski definition) is 7. The molecule has 0 bridgehead atoms. The molecule has 3 aromatic carbocycles. The number of benzene rings is 3. The van der Waals surface area contributed by atoms with E-state index in [0.717, 1.165) is 83.9 Å². The number of aliphatic hydroxyl groups is 1. The van der Waals surface area contributed by atoms with E-state index in [1.807, 2.05) is 66.8 Å². The molecule has 57 heavy (non-hydrogen) atoms. The van der Waals surface area contributed by atoms with Crippen molar-refractivity contribution in [2.45, 2.75) is 83.8 Å². The third kappa shape index (κ3) is 8.51. The summed E-state index contributed by atoms with van der Waals surface area (Å²) in [6, 6.07) is 14.3. The van der Waals surface area contributed by atoms with Gasteiger partial charge < -0.3 is 24.8 Å². The van der Waals surface area contributed by atoms with E-state index < -0.39 is 23.6 Å². The SMILES string of the molecule is COc1cc(/C=C/c2cccc(-c3cccc(NC(=O)c4nc5c(n4C)CCN([C@H]4CC[C@@H](O)CC4)C5)c3C)c2C)c(C(F)(F)F)cc1CN1CC[C@@H](C(=O)O)C1. The normalized spacial score (nSPS) is 20.5. The number of aliphatic hydroxyl groups excluding tert-OH is 1. The second-order valence-corrected chi connectivity index (χ2v) is 15.7. The number of carboxylic acid groups (broad SMARTS) is 1. The van der Waals surface area contributed by atoms with Gasteiger partial charge in [0.1, 0.15) is 5.75 Å². The number of nitrogens with zero attached hydrogens (tertiary/aromatic N) is 4. The number of hydrogen-bond donors (Lipinski definition) is 3. The number of amides is 1. The van der Waals surface area contributed by atoms with Crippen molar-refractivity contribution in [1.82, 2.24) is 19.4 Å². The van der Waals surface area contributed by atoms with Crippen molar-refractivity contribution in [2.75, 3.05) is 32.1 Å². The zero-order chi connectivity index (χ0) is 40.6. The number of likely N-dealkylation sites (tertiary alicyclic amines) is 1. The van der Waals surface area contributed by atoms with Gasteiger partial charge >= 0.3 is 12.1 Å². The highest BCUT2D eigenvalue weighted by atomic mass is 19.4. The molecule has 302 valence electrons. The van der Waals surface area contributed by atoms with Crippen LogP contribution in [0.25, 0.3) is 23.3 Å². The van der Waals surface area contributed by atoms with E-state index >= 15 is 0 Å². The summed E-state index contributed by atoms with van der Waals surface area (Å²) in [5.41, 5.74) is 6.29. The first-order chi connectivity index (χ1) is 27.2. The van der Waals surface area contributed by atoms with E-state index in [1.54, 1.807) is 6.08 Å². The maximum Gasteiger partial charge on any atom is 0.417 e. The van der Waals surface area contributed by atoms with Crippen LogP contribution in [0, 0.1) is 19.8 Å². The fourth-order valence-electron chi connectivity index (χ4n) is 8.79. The highest BCUT2D eigenvalue weighted by Gasteiger charge is 2.35. The summed E-state index contributed by atoms with van der Waals surface area (Å²) in [7, 11) is 3.30. The Hall–Kier alpha value is -4.98. The minimum atomic E-state index is -4.64. The number of aromatic nitrogens is 2.